The summed E-state index contributed by atoms with van der Waals surface area (Å²) in [7, 11) is 0. The molecule has 102 valence electrons. The van der Waals surface area contributed by atoms with E-state index >= 15 is 0 Å². The SMILES string of the molecule is CC(C)N1CCCC(Cc2noc(CCN)n2)C1. The standard InChI is InChI=1S/C13H24N4O/c1-10(2)17-7-3-4-11(9-17)8-12-15-13(5-6-14)18-16-12/h10-11H,3-9,14H2,1-2H3. The molecule has 0 bridgehead atoms. The Hall–Kier alpha value is -0.940. The third kappa shape index (κ3) is 3.53. The molecule has 18 heavy (non-hydrogen) atoms. The highest BCUT2D eigenvalue weighted by Gasteiger charge is 2.23. The fraction of sp³-hybridized carbons (Fsp3) is 0.846. The summed E-state index contributed by atoms with van der Waals surface area (Å²) >= 11 is 0. The third-order valence-electron chi connectivity index (χ3n) is 3.62. The average molecular weight is 252 g/mol. The number of aromatic nitrogens is 2. The van der Waals surface area contributed by atoms with Crippen LogP contribution in [0.2, 0.25) is 0 Å². The predicted molar refractivity (Wildman–Crippen MR) is 70.2 cm³/mol. The first-order valence-corrected chi connectivity index (χ1v) is 6.94. The zero-order chi connectivity index (χ0) is 13.0. The van der Waals surface area contributed by atoms with E-state index in [1.807, 2.05) is 0 Å². The molecular weight excluding hydrogens is 228 g/mol. The van der Waals surface area contributed by atoms with Gasteiger partial charge < -0.3 is 15.2 Å². The van der Waals surface area contributed by atoms with Gasteiger partial charge in [0.25, 0.3) is 0 Å². The van der Waals surface area contributed by atoms with Crippen LogP contribution in [0.1, 0.15) is 38.4 Å². The molecule has 0 saturated carbocycles. The van der Waals surface area contributed by atoms with Gasteiger partial charge in [-0.05, 0) is 39.2 Å². The van der Waals surface area contributed by atoms with Crippen LogP contribution in [0.3, 0.4) is 0 Å². The van der Waals surface area contributed by atoms with Crippen molar-refractivity contribution in [2.45, 2.75) is 45.6 Å². The second-order valence-electron chi connectivity index (χ2n) is 5.44. The molecule has 2 heterocycles. The molecule has 1 aliphatic rings. The summed E-state index contributed by atoms with van der Waals surface area (Å²) in [6, 6.07) is 0.630. The Kier molecular flexibility index (Phi) is 4.72. The molecule has 0 amide bonds. The maximum atomic E-state index is 5.47. The van der Waals surface area contributed by atoms with Gasteiger partial charge in [0.1, 0.15) is 0 Å². The van der Waals surface area contributed by atoms with E-state index in [2.05, 4.69) is 28.9 Å². The smallest absolute Gasteiger partial charge is 0.227 e. The van der Waals surface area contributed by atoms with E-state index in [9.17, 15) is 0 Å². The molecule has 1 fully saturated rings. The second kappa shape index (κ2) is 6.29. The molecular formula is C13H24N4O. The van der Waals surface area contributed by atoms with Crippen LogP contribution in [0.25, 0.3) is 0 Å². The molecule has 1 saturated heterocycles. The molecule has 2 rings (SSSR count). The van der Waals surface area contributed by atoms with E-state index in [0.717, 1.165) is 18.8 Å². The number of piperidine rings is 1. The van der Waals surface area contributed by atoms with E-state index in [1.165, 1.54) is 19.4 Å². The summed E-state index contributed by atoms with van der Waals surface area (Å²) in [5, 5.41) is 4.04. The summed E-state index contributed by atoms with van der Waals surface area (Å²) in [6.45, 7) is 7.45. The number of hydrogen-bond acceptors (Lipinski definition) is 5. The molecule has 0 aliphatic carbocycles. The predicted octanol–water partition coefficient (Wildman–Crippen LogP) is 1.23. The first-order valence-electron chi connectivity index (χ1n) is 6.94. The lowest BCUT2D eigenvalue weighted by molar-refractivity contribution is 0.138. The van der Waals surface area contributed by atoms with Gasteiger partial charge in [-0.3, -0.25) is 0 Å². The minimum absolute atomic E-state index is 0.562. The van der Waals surface area contributed by atoms with Crippen molar-refractivity contribution >= 4 is 0 Å². The summed E-state index contributed by atoms with van der Waals surface area (Å²) in [5.41, 5.74) is 5.47. The Labute approximate surface area is 109 Å². The van der Waals surface area contributed by atoms with Crippen LogP contribution in [0.15, 0.2) is 4.52 Å². The molecule has 0 aromatic carbocycles. The number of rotatable bonds is 5. The normalized spacial score (nSPS) is 21.7. The molecule has 1 aromatic rings. The van der Waals surface area contributed by atoms with E-state index in [4.69, 9.17) is 10.3 Å². The number of hydrogen-bond donors (Lipinski definition) is 1. The zero-order valence-electron chi connectivity index (χ0n) is 11.4. The number of likely N-dealkylation sites (tertiary alicyclic amines) is 1. The van der Waals surface area contributed by atoms with E-state index < -0.39 is 0 Å². The lowest BCUT2D eigenvalue weighted by atomic mass is 9.94. The van der Waals surface area contributed by atoms with Gasteiger partial charge in [0, 0.05) is 32.0 Å². The van der Waals surface area contributed by atoms with E-state index in [0.29, 0.717) is 30.8 Å². The highest BCUT2D eigenvalue weighted by atomic mass is 16.5. The van der Waals surface area contributed by atoms with Crippen molar-refractivity contribution in [3.05, 3.63) is 11.7 Å². The van der Waals surface area contributed by atoms with Crippen LogP contribution < -0.4 is 5.73 Å². The summed E-state index contributed by atoms with van der Waals surface area (Å²) in [4.78, 5) is 6.92. The first-order chi connectivity index (χ1) is 8.69. The van der Waals surface area contributed by atoms with Crippen LogP contribution >= 0.6 is 0 Å². The van der Waals surface area contributed by atoms with Gasteiger partial charge in [0.15, 0.2) is 5.82 Å². The first kappa shape index (κ1) is 13.5. The maximum Gasteiger partial charge on any atom is 0.227 e. The minimum Gasteiger partial charge on any atom is -0.339 e. The van der Waals surface area contributed by atoms with E-state index in [-0.39, 0.29) is 0 Å². The van der Waals surface area contributed by atoms with Gasteiger partial charge in [0.05, 0.1) is 0 Å². The molecule has 1 atom stereocenters. The lowest BCUT2D eigenvalue weighted by Crippen LogP contribution is -2.40. The molecule has 1 aliphatic heterocycles. The van der Waals surface area contributed by atoms with Gasteiger partial charge in [-0.2, -0.15) is 4.98 Å². The largest absolute Gasteiger partial charge is 0.339 e. The monoisotopic (exact) mass is 252 g/mol. The average Bonchev–Trinajstić information content (AvgIpc) is 2.77. The fourth-order valence-electron chi connectivity index (χ4n) is 2.59. The van der Waals surface area contributed by atoms with E-state index in [1.54, 1.807) is 0 Å². The Morgan fingerprint density at radius 1 is 1.50 bits per heavy atom. The Morgan fingerprint density at radius 3 is 3.06 bits per heavy atom. The van der Waals surface area contributed by atoms with Crippen molar-refractivity contribution in [3.63, 3.8) is 0 Å². The molecule has 0 spiro atoms. The highest BCUT2D eigenvalue weighted by Crippen LogP contribution is 2.21. The van der Waals surface area contributed by atoms with Crippen LogP contribution in [0, 0.1) is 5.92 Å². The van der Waals surface area contributed by atoms with Gasteiger partial charge in [-0.15, -0.1) is 0 Å². The highest BCUT2D eigenvalue weighted by molar-refractivity contribution is 4.90. The molecule has 1 unspecified atom stereocenters. The van der Waals surface area contributed by atoms with Gasteiger partial charge >= 0.3 is 0 Å². The summed E-state index contributed by atoms with van der Waals surface area (Å²) in [5.74, 6) is 2.17. The van der Waals surface area contributed by atoms with Gasteiger partial charge in [-0.25, -0.2) is 0 Å². The zero-order valence-corrected chi connectivity index (χ0v) is 11.4. The molecule has 1 aromatic heterocycles. The summed E-state index contributed by atoms with van der Waals surface area (Å²) in [6.07, 6.45) is 4.15. The molecule has 5 heteroatoms. The van der Waals surface area contributed by atoms with Crippen molar-refractivity contribution < 1.29 is 4.52 Å². The second-order valence-corrected chi connectivity index (χ2v) is 5.44. The quantitative estimate of drug-likeness (QED) is 0.853. The maximum absolute atomic E-state index is 5.47. The molecule has 2 N–H and O–H groups in total. The number of nitrogens with zero attached hydrogens (tertiary/aromatic N) is 3. The van der Waals surface area contributed by atoms with Crippen LogP contribution in [-0.2, 0) is 12.8 Å². The van der Waals surface area contributed by atoms with Crippen LogP contribution in [0.4, 0.5) is 0 Å². The van der Waals surface area contributed by atoms with Crippen molar-refractivity contribution in [3.8, 4) is 0 Å². The summed E-state index contributed by atoms with van der Waals surface area (Å²) < 4.78 is 5.17. The van der Waals surface area contributed by atoms with Crippen molar-refractivity contribution in [1.82, 2.24) is 15.0 Å². The third-order valence-corrected chi connectivity index (χ3v) is 3.62. The van der Waals surface area contributed by atoms with Crippen LogP contribution in [0.5, 0.6) is 0 Å². The van der Waals surface area contributed by atoms with Crippen molar-refractivity contribution in [2.24, 2.45) is 11.7 Å². The van der Waals surface area contributed by atoms with Gasteiger partial charge in [0.2, 0.25) is 5.89 Å². The van der Waals surface area contributed by atoms with Crippen molar-refractivity contribution in [2.75, 3.05) is 19.6 Å². The Balaban J connectivity index is 1.87. The minimum atomic E-state index is 0.562. The van der Waals surface area contributed by atoms with Gasteiger partial charge in [-0.1, -0.05) is 5.16 Å². The lowest BCUT2D eigenvalue weighted by Gasteiger charge is -2.35. The fourth-order valence-corrected chi connectivity index (χ4v) is 2.59. The van der Waals surface area contributed by atoms with Crippen molar-refractivity contribution in [1.29, 1.82) is 0 Å². The number of nitrogens with two attached hydrogens (primary N) is 1. The van der Waals surface area contributed by atoms with Crippen LogP contribution in [-0.4, -0.2) is 40.7 Å². The Bertz CT molecular complexity index is 364. The Morgan fingerprint density at radius 2 is 2.33 bits per heavy atom. The topological polar surface area (TPSA) is 68.2 Å². The molecule has 5 nitrogen and oxygen atoms in total. The molecule has 0 radical (unpaired) electrons.